The molecule has 0 fully saturated rings. The summed E-state index contributed by atoms with van der Waals surface area (Å²) in [6, 6.07) is 12.7. The van der Waals surface area contributed by atoms with E-state index in [4.69, 9.17) is 10.5 Å². The van der Waals surface area contributed by atoms with Gasteiger partial charge in [-0.3, -0.25) is 0 Å². The Kier molecular flexibility index (Phi) is 4.74. The predicted molar refractivity (Wildman–Crippen MR) is 79.5 cm³/mol. The monoisotopic (exact) mass is 273 g/mol. The van der Waals surface area contributed by atoms with Crippen LogP contribution >= 0.6 is 0 Å². The molecule has 106 valence electrons. The Bertz CT molecular complexity index is 583. The Morgan fingerprint density at radius 1 is 1.10 bits per heavy atom. The molecule has 2 rings (SSSR count). The fourth-order valence-corrected chi connectivity index (χ4v) is 2.37. The number of hydrogen-bond acceptors (Lipinski definition) is 2. The maximum Gasteiger partial charge on any atom is 0.126 e. The lowest BCUT2D eigenvalue weighted by molar-refractivity contribution is 0.407. The summed E-state index contributed by atoms with van der Waals surface area (Å²) >= 11 is 0. The first-order valence-corrected chi connectivity index (χ1v) is 6.72. The van der Waals surface area contributed by atoms with Gasteiger partial charge in [-0.2, -0.15) is 0 Å². The largest absolute Gasteiger partial charge is 0.496 e. The summed E-state index contributed by atoms with van der Waals surface area (Å²) in [5.41, 5.74) is 9.05. The smallest absolute Gasteiger partial charge is 0.126 e. The Hall–Kier alpha value is -1.87. The van der Waals surface area contributed by atoms with Crippen LogP contribution in [0, 0.1) is 12.7 Å². The molecule has 1 unspecified atom stereocenters. The van der Waals surface area contributed by atoms with Crippen molar-refractivity contribution in [1.29, 1.82) is 0 Å². The van der Waals surface area contributed by atoms with Gasteiger partial charge in [0.25, 0.3) is 0 Å². The van der Waals surface area contributed by atoms with Crippen LogP contribution in [0.3, 0.4) is 0 Å². The molecule has 3 heteroatoms. The minimum atomic E-state index is -0.195. The number of nitrogens with two attached hydrogens (primary N) is 1. The number of benzene rings is 2. The second-order valence-electron chi connectivity index (χ2n) is 5.08. The highest BCUT2D eigenvalue weighted by Crippen LogP contribution is 2.22. The van der Waals surface area contributed by atoms with Crippen LogP contribution in [0.15, 0.2) is 42.5 Å². The molecule has 0 heterocycles. The van der Waals surface area contributed by atoms with Crippen molar-refractivity contribution in [1.82, 2.24) is 0 Å². The highest BCUT2D eigenvalue weighted by atomic mass is 19.1. The summed E-state index contributed by atoms with van der Waals surface area (Å²) in [6.07, 6.45) is 1.18. The summed E-state index contributed by atoms with van der Waals surface area (Å²) in [5.74, 6) is 0.638. The van der Waals surface area contributed by atoms with Gasteiger partial charge in [-0.25, -0.2) is 4.39 Å². The predicted octanol–water partition coefficient (Wildman–Crippen LogP) is 3.26. The number of hydrogen-bond donors (Lipinski definition) is 1. The molecular formula is C17H20FNO. The summed E-state index contributed by atoms with van der Waals surface area (Å²) in [4.78, 5) is 0. The standard InChI is InChI=1S/C17H20FNO/c1-12-7-8-17(20-2)14(9-12)11-15(19)10-13-5-3-4-6-16(13)18/h3-9,15H,10-11,19H2,1-2H3. The topological polar surface area (TPSA) is 35.2 Å². The van der Waals surface area contributed by atoms with E-state index in [1.165, 1.54) is 11.6 Å². The van der Waals surface area contributed by atoms with Gasteiger partial charge in [0.1, 0.15) is 11.6 Å². The van der Waals surface area contributed by atoms with Gasteiger partial charge in [-0.05, 0) is 43.0 Å². The van der Waals surface area contributed by atoms with Crippen molar-refractivity contribution in [3.63, 3.8) is 0 Å². The average Bonchev–Trinajstić information content (AvgIpc) is 2.41. The molecule has 0 aliphatic rings. The Labute approximate surface area is 119 Å². The van der Waals surface area contributed by atoms with Crippen LogP contribution in [0.2, 0.25) is 0 Å². The van der Waals surface area contributed by atoms with Crippen molar-refractivity contribution < 1.29 is 9.13 Å². The number of ether oxygens (including phenoxy) is 1. The molecule has 20 heavy (non-hydrogen) atoms. The highest BCUT2D eigenvalue weighted by molar-refractivity contribution is 5.37. The maximum atomic E-state index is 13.6. The number of rotatable bonds is 5. The molecule has 2 aromatic rings. The zero-order valence-corrected chi connectivity index (χ0v) is 11.9. The van der Waals surface area contributed by atoms with Crippen LogP contribution in [-0.2, 0) is 12.8 Å². The van der Waals surface area contributed by atoms with E-state index in [0.29, 0.717) is 18.4 Å². The van der Waals surface area contributed by atoms with Crippen molar-refractivity contribution in [2.75, 3.05) is 7.11 Å². The second-order valence-corrected chi connectivity index (χ2v) is 5.08. The fourth-order valence-electron chi connectivity index (χ4n) is 2.37. The third-order valence-electron chi connectivity index (χ3n) is 3.36. The normalized spacial score (nSPS) is 12.2. The molecule has 1 atom stereocenters. The van der Waals surface area contributed by atoms with Crippen LogP contribution in [0.25, 0.3) is 0 Å². The molecule has 0 aliphatic carbocycles. The summed E-state index contributed by atoms with van der Waals surface area (Å²) in [5, 5.41) is 0. The fraction of sp³-hybridized carbons (Fsp3) is 0.294. The zero-order chi connectivity index (χ0) is 14.5. The number of aryl methyl sites for hydroxylation is 1. The Balaban J connectivity index is 2.10. The molecule has 0 radical (unpaired) electrons. The van der Waals surface area contributed by atoms with Crippen molar-refractivity contribution >= 4 is 0 Å². The minimum Gasteiger partial charge on any atom is -0.496 e. The lowest BCUT2D eigenvalue weighted by atomic mass is 9.98. The average molecular weight is 273 g/mol. The molecule has 0 saturated carbocycles. The van der Waals surface area contributed by atoms with E-state index < -0.39 is 0 Å². The van der Waals surface area contributed by atoms with Crippen molar-refractivity contribution in [3.05, 3.63) is 65.0 Å². The van der Waals surface area contributed by atoms with Crippen molar-refractivity contribution in [3.8, 4) is 5.75 Å². The summed E-state index contributed by atoms with van der Waals surface area (Å²) < 4.78 is 19.0. The molecule has 2 aromatic carbocycles. The van der Waals surface area contributed by atoms with E-state index in [1.54, 1.807) is 19.2 Å². The van der Waals surface area contributed by atoms with Crippen LogP contribution in [-0.4, -0.2) is 13.2 Å². The molecule has 0 amide bonds. The molecule has 2 nitrogen and oxygen atoms in total. The molecular weight excluding hydrogens is 253 g/mol. The van der Waals surface area contributed by atoms with Crippen LogP contribution in [0.4, 0.5) is 4.39 Å². The molecule has 2 N–H and O–H groups in total. The quantitative estimate of drug-likeness (QED) is 0.907. The van der Waals surface area contributed by atoms with Gasteiger partial charge >= 0.3 is 0 Å². The van der Waals surface area contributed by atoms with Crippen molar-refractivity contribution in [2.45, 2.75) is 25.8 Å². The molecule has 0 aliphatic heterocycles. The van der Waals surface area contributed by atoms with Gasteiger partial charge < -0.3 is 10.5 Å². The minimum absolute atomic E-state index is 0.136. The Morgan fingerprint density at radius 3 is 2.50 bits per heavy atom. The van der Waals surface area contributed by atoms with E-state index in [9.17, 15) is 4.39 Å². The van der Waals surface area contributed by atoms with Gasteiger partial charge in [-0.15, -0.1) is 0 Å². The molecule has 0 aromatic heterocycles. The van der Waals surface area contributed by atoms with E-state index in [1.807, 2.05) is 25.1 Å². The third-order valence-corrected chi connectivity index (χ3v) is 3.36. The van der Waals surface area contributed by atoms with Gasteiger partial charge in [0.05, 0.1) is 7.11 Å². The molecule has 0 bridgehead atoms. The first-order valence-electron chi connectivity index (χ1n) is 6.72. The number of methoxy groups -OCH3 is 1. The van der Waals surface area contributed by atoms with Gasteiger partial charge in [-0.1, -0.05) is 35.9 Å². The van der Waals surface area contributed by atoms with E-state index in [0.717, 1.165) is 11.3 Å². The number of halogens is 1. The lowest BCUT2D eigenvalue weighted by Crippen LogP contribution is -2.26. The lowest BCUT2D eigenvalue weighted by Gasteiger charge is -2.15. The van der Waals surface area contributed by atoms with Gasteiger partial charge in [0.2, 0.25) is 0 Å². The van der Waals surface area contributed by atoms with E-state index in [-0.39, 0.29) is 11.9 Å². The zero-order valence-electron chi connectivity index (χ0n) is 11.9. The van der Waals surface area contributed by atoms with Gasteiger partial charge in [0.15, 0.2) is 0 Å². The first-order chi connectivity index (χ1) is 9.60. The van der Waals surface area contributed by atoms with Crippen LogP contribution in [0.5, 0.6) is 5.75 Å². The van der Waals surface area contributed by atoms with E-state index in [2.05, 4.69) is 6.07 Å². The Morgan fingerprint density at radius 2 is 1.80 bits per heavy atom. The van der Waals surface area contributed by atoms with Gasteiger partial charge in [0, 0.05) is 6.04 Å². The van der Waals surface area contributed by atoms with Crippen molar-refractivity contribution in [2.24, 2.45) is 5.73 Å². The summed E-state index contributed by atoms with van der Waals surface area (Å²) in [7, 11) is 1.65. The third kappa shape index (κ3) is 3.58. The van der Waals surface area contributed by atoms with E-state index >= 15 is 0 Å². The molecule has 0 saturated heterocycles. The highest BCUT2D eigenvalue weighted by Gasteiger charge is 2.12. The maximum absolute atomic E-state index is 13.6. The second kappa shape index (κ2) is 6.53. The van der Waals surface area contributed by atoms with Crippen LogP contribution in [0.1, 0.15) is 16.7 Å². The first kappa shape index (κ1) is 14.5. The SMILES string of the molecule is COc1ccc(C)cc1CC(N)Cc1ccccc1F. The molecule has 0 spiro atoms. The van der Waals surface area contributed by atoms with Crippen LogP contribution < -0.4 is 10.5 Å². The summed E-state index contributed by atoms with van der Waals surface area (Å²) in [6.45, 7) is 2.03.